The molecule has 0 radical (unpaired) electrons. The van der Waals surface area contributed by atoms with Gasteiger partial charge in [0.25, 0.3) is 0 Å². The summed E-state index contributed by atoms with van der Waals surface area (Å²) in [5.41, 5.74) is 0.951. The van der Waals surface area contributed by atoms with Gasteiger partial charge >= 0.3 is 0 Å². The summed E-state index contributed by atoms with van der Waals surface area (Å²) in [5, 5.41) is 3.06. The van der Waals surface area contributed by atoms with Crippen LogP contribution in [-0.4, -0.2) is 38.8 Å². The van der Waals surface area contributed by atoms with Gasteiger partial charge in [0.2, 0.25) is 15.9 Å². The van der Waals surface area contributed by atoms with Crippen molar-refractivity contribution in [2.75, 3.05) is 17.1 Å². The molecule has 0 bridgehead atoms. The van der Waals surface area contributed by atoms with Crippen LogP contribution < -0.4 is 19.1 Å². The fraction of sp³-hybridized carbons (Fsp3) is 0.480. The number of nitrogens with one attached hydrogen (secondary N) is 1. The second-order valence-electron chi connectivity index (χ2n) is 8.78. The number of carbonyl (C=O) groups is 1. The molecule has 0 saturated heterocycles. The van der Waals surface area contributed by atoms with E-state index in [2.05, 4.69) is 19.2 Å². The first-order valence-corrected chi connectivity index (χ1v) is 13.2. The van der Waals surface area contributed by atoms with Crippen LogP contribution >= 0.6 is 0 Å². The normalized spacial score (nSPS) is 17.1. The van der Waals surface area contributed by atoms with Crippen molar-refractivity contribution < 1.29 is 22.7 Å². The minimum absolute atomic E-state index is 0.00773. The second kappa shape index (κ2) is 10.0. The number of carbonyl (C=O) groups excluding carboxylic acids is 1. The molecule has 0 unspecified atom stereocenters. The van der Waals surface area contributed by atoms with Gasteiger partial charge in [-0.1, -0.05) is 32.0 Å². The zero-order chi connectivity index (χ0) is 24.2. The van der Waals surface area contributed by atoms with Crippen LogP contribution in [0.5, 0.6) is 11.5 Å². The third-order valence-electron chi connectivity index (χ3n) is 6.00. The lowest BCUT2D eigenvalue weighted by atomic mass is 9.83. The Balaban J connectivity index is 1.81. The number of fused-ring (bicyclic) bond motifs is 1. The molecule has 2 aromatic rings. The van der Waals surface area contributed by atoms with Crippen LogP contribution in [0.4, 0.5) is 5.69 Å². The summed E-state index contributed by atoms with van der Waals surface area (Å²) in [6.45, 7) is 7.68. The summed E-state index contributed by atoms with van der Waals surface area (Å²) in [4.78, 5) is 13.1. The first kappa shape index (κ1) is 24.9. The van der Waals surface area contributed by atoms with Crippen LogP contribution in [0.2, 0.25) is 0 Å². The molecule has 7 nitrogen and oxygen atoms in total. The Morgan fingerprint density at radius 2 is 1.79 bits per heavy atom. The van der Waals surface area contributed by atoms with Gasteiger partial charge < -0.3 is 14.8 Å². The summed E-state index contributed by atoms with van der Waals surface area (Å²) in [5.74, 6) is 1.03. The van der Waals surface area contributed by atoms with Gasteiger partial charge in [0.05, 0.1) is 24.1 Å². The van der Waals surface area contributed by atoms with Gasteiger partial charge in [-0.05, 0) is 57.0 Å². The fourth-order valence-corrected chi connectivity index (χ4v) is 5.02. The van der Waals surface area contributed by atoms with Gasteiger partial charge in [-0.15, -0.1) is 0 Å². The smallest absolute Gasteiger partial charge is 0.241 e. The molecule has 0 aromatic heterocycles. The Hall–Kier alpha value is -2.74. The van der Waals surface area contributed by atoms with Crippen LogP contribution in [0, 0.1) is 0 Å². The summed E-state index contributed by atoms with van der Waals surface area (Å²) < 4.78 is 38.1. The molecule has 1 amide bonds. The number of benzene rings is 2. The summed E-state index contributed by atoms with van der Waals surface area (Å²) >= 11 is 0. The molecule has 1 heterocycles. The molecule has 1 aliphatic heterocycles. The highest BCUT2D eigenvalue weighted by molar-refractivity contribution is 7.92. The molecule has 180 valence electrons. The highest BCUT2D eigenvalue weighted by Gasteiger charge is 2.39. The average molecular weight is 475 g/mol. The number of hydrogen-bond acceptors (Lipinski definition) is 5. The van der Waals surface area contributed by atoms with Crippen LogP contribution in [0.1, 0.15) is 58.6 Å². The Labute approximate surface area is 197 Å². The van der Waals surface area contributed by atoms with Gasteiger partial charge in [-0.2, -0.15) is 0 Å². The molecule has 33 heavy (non-hydrogen) atoms. The third kappa shape index (κ3) is 5.99. The van der Waals surface area contributed by atoms with Gasteiger partial charge in [0.15, 0.2) is 0 Å². The number of para-hydroxylation sites is 1. The Kier molecular flexibility index (Phi) is 7.57. The van der Waals surface area contributed by atoms with E-state index in [0.29, 0.717) is 17.9 Å². The Morgan fingerprint density at radius 1 is 1.15 bits per heavy atom. The van der Waals surface area contributed by atoms with E-state index < -0.39 is 10.0 Å². The SMILES string of the molecule is CCC1(CC)C[C@@H](NC(=O)CN(c2ccc(OC(C)C)cc2)S(C)(=O)=O)c2ccccc2O1. The lowest BCUT2D eigenvalue weighted by Gasteiger charge is -2.41. The van der Waals surface area contributed by atoms with E-state index in [4.69, 9.17) is 9.47 Å². The number of anilines is 1. The summed E-state index contributed by atoms with van der Waals surface area (Å²) in [6, 6.07) is 14.1. The predicted octanol–water partition coefficient (Wildman–Crippen LogP) is 4.44. The third-order valence-corrected chi connectivity index (χ3v) is 7.15. The van der Waals surface area contributed by atoms with Crippen LogP contribution in [0.25, 0.3) is 0 Å². The Morgan fingerprint density at radius 3 is 2.36 bits per heavy atom. The van der Waals surface area contributed by atoms with Crippen molar-refractivity contribution >= 4 is 21.6 Å². The molecular weight excluding hydrogens is 440 g/mol. The predicted molar refractivity (Wildman–Crippen MR) is 130 cm³/mol. The maximum atomic E-state index is 13.1. The quantitative estimate of drug-likeness (QED) is 0.581. The van der Waals surface area contributed by atoms with E-state index in [0.717, 1.165) is 34.7 Å². The molecule has 0 spiro atoms. The van der Waals surface area contributed by atoms with E-state index in [9.17, 15) is 13.2 Å². The van der Waals surface area contributed by atoms with E-state index >= 15 is 0 Å². The molecule has 2 aromatic carbocycles. The lowest BCUT2D eigenvalue weighted by molar-refractivity contribution is -0.121. The van der Waals surface area contributed by atoms with Crippen LogP contribution in [-0.2, 0) is 14.8 Å². The van der Waals surface area contributed by atoms with E-state index in [1.165, 1.54) is 0 Å². The molecule has 0 fully saturated rings. The van der Waals surface area contributed by atoms with E-state index in [1.54, 1.807) is 24.3 Å². The number of amides is 1. The van der Waals surface area contributed by atoms with Crippen LogP contribution in [0.15, 0.2) is 48.5 Å². The molecule has 1 N–H and O–H groups in total. The molecular formula is C25H34N2O5S. The number of nitrogens with zero attached hydrogens (tertiary/aromatic N) is 1. The van der Waals surface area contributed by atoms with Crippen molar-refractivity contribution in [2.45, 2.75) is 64.7 Å². The van der Waals surface area contributed by atoms with Gasteiger partial charge in [0.1, 0.15) is 23.6 Å². The number of hydrogen-bond donors (Lipinski definition) is 1. The maximum Gasteiger partial charge on any atom is 0.241 e. The molecule has 3 rings (SSSR count). The molecule has 0 saturated carbocycles. The number of rotatable bonds is 9. The van der Waals surface area contributed by atoms with Gasteiger partial charge in [0, 0.05) is 12.0 Å². The van der Waals surface area contributed by atoms with Gasteiger partial charge in [-0.25, -0.2) is 8.42 Å². The zero-order valence-electron chi connectivity index (χ0n) is 20.0. The first-order valence-electron chi connectivity index (χ1n) is 11.4. The fourth-order valence-electron chi connectivity index (χ4n) is 4.16. The maximum absolute atomic E-state index is 13.1. The monoisotopic (exact) mass is 474 g/mol. The van der Waals surface area contributed by atoms with Crippen molar-refractivity contribution in [3.05, 3.63) is 54.1 Å². The molecule has 0 aliphatic carbocycles. The number of ether oxygens (including phenoxy) is 2. The zero-order valence-corrected chi connectivity index (χ0v) is 20.8. The topological polar surface area (TPSA) is 84.9 Å². The molecule has 1 aliphatic rings. The first-order chi connectivity index (χ1) is 15.6. The van der Waals surface area contributed by atoms with Crippen molar-refractivity contribution in [3.8, 4) is 11.5 Å². The van der Waals surface area contributed by atoms with Crippen molar-refractivity contribution in [2.24, 2.45) is 0 Å². The van der Waals surface area contributed by atoms with Crippen molar-refractivity contribution in [3.63, 3.8) is 0 Å². The minimum Gasteiger partial charge on any atom is -0.491 e. The van der Waals surface area contributed by atoms with Crippen molar-refractivity contribution in [1.82, 2.24) is 5.32 Å². The van der Waals surface area contributed by atoms with E-state index in [1.807, 2.05) is 38.1 Å². The largest absolute Gasteiger partial charge is 0.491 e. The highest BCUT2D eigenvalue weighted by atomic mass is 32.2. The molecule has 8 heteroatoms. The Bertz CT molecular complexity index is 1060. The number of sulfonamides is 1. The molecule has 1 atom stereocenters. The second-order valence-corrected chi connectivity index (χ2v) is 10.7. The minimum atomic E-state index is -3.68. The van der Waals surface area contributed by atoms with Crippen LogP contribution in [0.3, 0.4) is 0 Å². The van der Waals surface area contributed by atoms with Gasteiger partial charge in [-0.3, -0.25) is 9.10 Å². The summed E-state index contributed by atoms with van der Waals surface area (Å²) in [6.07, 6.45) is 3.35. The van der Waals surface area contributed by atoms with E-state index in [-0.39, 0.29) is 30.2 Å². The summed E-state index contributed by atoms with van der Waals surface area (Å²) in [7, 11) is -3.68. The standard InChI is InChI=1S/C25H34N2O5S/c1-6-25(7-2)16-22(21-10-8-9-11-23(21)32-25)26-24(28)17-27(33(5,29)30)19-12-14-20(15-13-19)31-18(3)4/h8-15,18,22H,6-7,16-17H2,1-5H3,(H,26,28)/t22-/m1/s1. The van der Waals surface area contributed by atoms with Crippen molar-refractivity contribution in [1.29, 1.82) is 0 Å². The highest BCUT2D eigenvalue weighted by Crippen LogP contribution is 2.42. The lowest BCUT2D eigenvalue weighted by Crippen LogP contribution is -2.47. The average Bonchev–Trinajstić information content (AvgIpc) is 2.77.